The maximum Gasteiger partial charge on any atom is 0.0632 e. The predicted octanol–water partition coefficient (Wildman–Crippen LogP) is 4.64. The molecule has 2 aromatic rings. The molecule has 0 nitrogen and oxygen atoms in total. The molecule has 0 spiro atoms. The third-order valence-electron chi connectivity index (χ3n) is 2.44. The van der Waals surface area contributed by atoms with Crippen LogP contribution in [0.15, 0.2) is 60.7 Å². The van der Waals surface area contributed by atoms with Crippen molar-refractivity contribution in [2.24, 2.45) is 0 Å². The van der Waals surface area contributed by atoms with Crippen LogP contribution in [0.4, 0.5) is 0 Å². The van der Waals surface area contributed by atoms with E-state index in [1.807, 2.05) is 60.7 Å². The van der Waals surface area contributed by atoms with E-state index >= 15 is 0 Å². The number of rotatable bonds is 3. The van der Waals surface area contributed by atoms with Crippen LogP contribution in [0.1, 0.15) is 27.2 Å². The largest absolute Gasteiger partial charge is 0.0632 e. The van der Waals surface area contributed by atoms with Crippen molar-refractivity contribution in [1.82, 2.24) is 0 Å². The molecule has 0 aromatic heterocycles. The highest BCUT2D eigenvalue weighted by molar-refractivity contribution is 5.81. The normalized spacial score (nSPS) is 13.8. The fraction of sp³-hybridized carbons (Fsp3) is 0.125. The van der Waals surface area contributed by atoms with Gasteiger partial charge in [-0.2, -0.15) is 0 Å². The third-order valence-corrected chi connectivity index (χ3v) is 2.44. The zero-order valence-corrected chi connectivity index (χ0v) is 9.19. The van der Waals surface area contributed by atoms with Gasteiger partial charge in [0, 0.05) is 1.37 Å². The maximum absolute atomic E-state index is 8.31. The molecule has 0 amide bonds. The van der Waals surface area contributed by atoms with Crippen LogP contribution in [0.25, 0.3) is 11.6 Å². The molecule has 0 atom stereocenters. The fourth-order valence-corrected chi connectivity index (χ4v) is 1.61. The topological polar surface area (TPSA) is 0 Å². The number of allylic oxidation sites excluding steroid dienone is 1. The molecular formula is C16H16. The lowest BCUT2D eigenvalue weighted by molar-refractivity contribution is 1.25. The van der Waals surface area contributed by atoms with Gasteiger partial charge in [-0.3, -0.25) is 0 Å². The summed E-state index contributed by atoms with van der Waals surface area (Å²) in [5, 5.41) is 0. The molecule has 2 aromatic carbocycles. The van der Waals surface area contributed by atoms with Crippen molar-refractivity contribution in [2.75, 3.05) is 0 Å². The summed E-state index contributed by atoms with van der Waals surface area (Å²) in [6.45, 7) is 0.305. The van der Waals surface area contributed by atoms with Gasteiger partial charge in [-0.1, -0.05) is 73.6 Å². The molecule has 0 bridgehead atoms. The van der Waals surface area contributed by atoms with E-state index in [0.29, 0.717) is 19.4 Å². The van der Waals surface area contributed by atoms with Crippen molar-refractivity contribution < 1.29 is 2.74 Å². The van der Waals surface area contributed by atoms with Gasteiger partial charge in [0.2, 0.25) is 0 Å². The lowest BCUT2D eigenvalue weighted by Crippen LogP contribution is -1.82. The van der Waals surface area contributed by atoms with Crippen LogP contribution in [0.3, 0.4) is 0 Å². The molecule has 0 aliphatic heterocycles. The average Bonchev–Trinajstić information content (AvgIpc) is 2.46. The Hall–Kier alpha value is -1.82. The van der Waals surface area contributed by atoms with Gasteiger partial charge < -0.3 is 0 Å². The van der Waals surface area contributed by atoms with E-state index in [4.69, 9.17) is 2.74 Å². The first-order chi connectivity index (χ1) is 8.83. The zero-order valence-electron chi connectivity index (χ0n) is 11.2. The van der Waals surface area contributed by atoms with Gasteiger partial charge in [-0.05, 0) is 23.1 Å². The van der Waals surface area contributed by atoms with E-state index in [9.17, 15) is 0 Å². The highest BCUT2D eigenvalue weighted by atomic mass is 14.0. The van der Waals surface area contributed by atoms with Crippen molar-refractivity contribution in [2.45, 2.75) is 13.3 Å². The second-order valence-corrected chi connectivity index (χ2v) is 3.59. The summed E-state index contributed by atoms with van der Waals surface area (Å²) in [5.41, 5.74) is 2.89. The standard InChI is InChI=1S/C16H16/c1-2-15(16-11-7-4-8-12-16)13-14-9-5-3-6-10-14/h3-13H,2H2,1H3/b15-13-/i1D,13D. The summed E-state index contributed by atoms with van der Waals surface area (Å²) in [6.07, 6.45) is 0.609. The number of benzene rings is 2. The molecule has 2 rings (SSSR count). The molecular weight excluding hydrogens is 192 g/mol. The van der Waals surface area contributed by atoms with Crippen LogP contribution >= 0.6 is 0 Å². The summed E-state index contributed by atoms with van der Waals surface area (Å²) < 4.78 is 15.7. The van der Waals surface area contributed by atoms with Crippen LogP contribution in [0.5, 0.6) is 0 Å². The first-order valence-electron chi connectivity index (χ1n) is 6.63. The lowest BCUT2D eigenvalue weighted by Gasteiger charge is -2.04. The molecule has 0 heterocycles. The molecule has 80 valence electrons. The molecule has 0 radical (unpaired) electrons. The highest BCUT2D eigenvalue weighted by Gasteiger charge is 1.97. The Morgan fingerprint density at radius 1 is 1.06 bits per heavy atom. The van der Waals surface area contributed by atoms with Crippen LogP contribution in [0.2, 0.25) is 0 Å². The highest BCUT2D eigenvalue weighted by Crippen LogP contribution is 2.20. The van der Waals surface area contributed by atoms with E-state index in [2.05, 4.69) is 0 Å². The number of hydrogen-bond donors (Lipinski definition) is 0. The van der Waals surface area contributed by atoms with Gasteiger partial charge in [0.15, 0.2) is 0 Å². The van der Waals surface area contributed by atoms with Gasteiger partial charge in [0.1, 0.15) is 0 Å². The Morgan fingerprint density at radius 3 is 2.31 bits per heavy atom. The van der Waals surface area contributed by atoms with Crippen molar-refractivity contribution in [3.05, 3.63) is 71.8 Å². The van der Waals surface area contributed by atoms with Crippen LogP contribution in [-0.2, 0) is 0 Å². The molecule has 0 heteroatoms. The molecule has 0 aliphatic carbocycles. The van der Waals surface area contributed by atoms with E-state index < -0.39 is 0 Å². The summed E-state index contributed by atoms with van der Waals surface area (Å²) in [5.74, 6) is 0. The van der Waals surface area contributed by atoms with Crippen LogP contribution in [0, 0.1) is 0 Å². The Morgan fingerprint density at radius 2 is 1.69 bits per heavy atom. The quantitative estimate of drug-likeness (QED) is 0.647. The number of hydrogen-bond acceptors (Lipinski definition) is 0. The van der Waals surface area contributed by atoms with Gasteiger partial charge in [0.25, 0.3) is 0 Å². The maximum atomic E-state index is 8.31. The fourth-order valence-electron chi connectivity index (χ4n) is 1.61. The van der Waals surface area contributed by atoms with Crippen LogP contribution < -0.4 is 0 Å². The second kappa shape index (κ2) is 5.32. The summed E-state index contributed by atoms with van der Waals surface area (Å²) in [7, 11) is 0. The van der Waals surface area contributed by atoms with E-state index in [-0.39, 0.29) is 0 Å². The SMILES string of the molecule is [2H]CC/C(=C(\[2H])c1ccccc1)c1ccccc1. The first-order valence-corrected chi connectivity index (χ1v) is 5.42. The van der Waals surface area contributed by atoms with E-state index in [0.717, 1.165) is 16.7 Å². The summed E-state index contributed by atoms with van der Waals surface area (Å²) in [6, 6.07) is 20.1. The van der Waals surface area contributed by atoms with Gasteiger partial charge in [-0.15, -0.1) is 0 Å². The van der Waals surface area contributed by atoms with E-state index in [1.54, 1.807) is 0 Å². The monoisotopic (exact) mass is 210 g/mol. The Balaban J connectivity index is 2.47. The van der Waals surface area contributed by atoms with Gasteiger partial charge >= 0.3 is 0 Å². The predicted molar refractivity (Wildman–Crippen MR) is 71.0 cm³/mol. The van der Waals surface area contributed by atoms with Crippen molar-refractivity contribution in [3.63, 3.8) is 0 Å². The van der Waals surface area contributed by atoms with Crippen molar-refractivity contribution in [1.29, 1.82) is 0 Å². The minimum atomic E-state index is 0.305. The molecule has 0 N–H and O–H groups in total. The summed E-state index contributed by atoms with van der Waals surface area (Å²) >= 11 is 0. The molecule has 0 unspecified atom stereocenters. The van der Waals surface area contributed by atoms with Crippen molar-refractivity contribution in [3.8, 4) is 0 Å². The Labute approximate surface area is 100 Å². The molecule has 0 saturated carbocycles. The average molecular weight is 210 g/mol. The third kappa shape index (κ3) is 2.60. The molecule has 16 heavy (non-hydrogen) atoms. The first kappa shape index (κ1) is 8.35. The molecule has 0 fully saturated rings. The molecule has 0 saturated heterocycles. The second-order valence-electron chi connectivity index (χ2n) is 3.59. The Kier molecular flexibility index (Phi) is 2.77. The minimum Gasteiger partial charge on any atom is -0.0622 e. The zero-order chi connectivity index (χ0) is 12.8. The van der Waals surface area contributed by atoms with Crippen molar-refractivity contribution >= 4 is 11.6 Å². The van der Waals surface area contributed by atoms with Gasteiger partial charge in [-0.25, -0.2) is 0 Å². The Bertz CT molecular complexity index is 515. The van der Waals surface area contributed by atoms with Gasteiger partial charge in [0.05, 0.1) is 1.37 Å². The van der Waals surface area contributed by atoms with Crippen LogP contribution in [-0.4, -0.2) is 0 Å². The van der Waals surface area contributed by atoms with E-state index in [1.165, 1.54) is 0 Å². The smallest absolute Gasteiger partial charge is 0.0622 e. The summed E-state index contributed by atoms with van der Waals surface area (Å²) in [4.78, 5) is 0. The minimum absolute atomic E-state index is 0.305. The molecule has 0 aliphatic rings. The lowest BCUT2D eigenvalue weighted by atomic mass is 10.0.